The summed E-state index contributed by atoms with van der Waals surface area (Å²) in [5.41, 5.74) is 1.26. The Morgan fingerprint density at radius 3 is 2.78 bits per heavy atom. The number of hydrogen-bond donors (Lipinski definition) is 0. The van der Waals surface area contributed by atoms with Gasteiger partial charge in [0.15, 0.2) is 0 Å². The highest BCUT2D eigenvalue weighted by Gasteiger charge is 2.35. The summed E-state index contributed by atoms with van der Waals surface area (Å²) in [4.78, 5) is 27.6. The smallest absolute Gasteiger partial charge is 0.344 e. The molecule has 1 heterocycles. The maximum atomic E-state index is 11.6. The van der Waals surface area contributed by atoms with Gasteiger partial charge < -0.3 is 9.57 Å². The quantitative estimate of drug-likeness (QED) is 0.597. The van der Waals surface area contributed by atoms with Gasteiger partial charge in [-0.2, -0.15) is 0 Å². The third-order valence-corrected chi connectivity index (χ3v) is 2.59. The lowest BCUT2D eigenvalue weighted by Crippen LogP contribution is -2.23. The molecule has 1 atom stereocenters. The van der Waals surface area contributed by atoms with Crippen LogP contribution in [0.4, 0.5) is 0 Å². The number of benzene rings is 1. The fourth-order valence-electron chi connectivity index (χ4n) is 1.76. The third-order valence-electron chi connectivity index (χ3n) is 2.59. The van der Waals surface area contributed by atoms with E-state index >= 15 is 0 Å². The third kappa shape index (κ3) is 2.56. The number of hydrogen-bond acceptors (Lipinski definition) is 5. The summed E-state index contributed by atoms with van der Waals surface area (Å²) in [6.07, 6.45) is -0.0413. The highest BCUT2D eigenvalue weighted by atomic mass is 16.7. The van der Waals surface area contributed by atoms with Crippen molar-refractivity contribution >= 4 is 17.7 Å². The van der Waals surface area contributed by atoms with Gasteiger partial charge in [0.05, 0.1) is 13.0 Å². The Bertz CT molecular complexity index is 481. The summed E-state index contributed by atoms with van der Waals surface area (Å²) in [7, 11) is 0. The summed E-state index contributed by atoms with van der Waals surface area (Å²) in [5, 5.41) is 3.74. The van der Waals surface area contributed by atoms with Gasteiger partial charge in [-0.3, -0.25) is 4.79 Å². The maximum absolute atomic E-state index is 11.6. The average Bonchev–Trinajstić information content (AvgIpc) is 2.73. The lowest BCUT2D eigenvalue weighted by atomic mass is 9.94. The van der Waals surface area contributed by atoms with Crippen molar-refractivity contribution in [1.82, 2.24) is 0 Å². The van der Waals surface area contributed by atoms with Gasteiger partial charge in [-0.05, 0) is 6.92 Å². The van der Waals surface area contributed by atoms with E-state index in [1.54, 1.807) is 6.92 Å². The van der Waals surface area contributed by atoms with E-state index in [0.29, 0.717) is 12.3 Å². The molecule has 0 aliphatic carbocycles. The average molecular weight is 247 g/mol. The summed E-state index contributed by atoms with van der Waals surface area (Å²) < 4.78 is 4.83. The van der Waals surface area contributed by atoms with Gasteiger partial charge in [0.1, 0.15) is 11.6 Å². The van der Waals surface area contributed by atoms with Crippen LogP contribution < -0.4 is 0 Å². The topological polar surface area (TPSA) is 65.0 Å². The lowest BCUT2D eigenvalue weighted by molar-refractivity contribution is -0.150. The summed E-state index contributed by atoms with van der Waals surface area (Å²) in [6.45, 7) is 2.01. The Morgan fingerprint density at radius 2 is 2.11 bits per heavy atom. The van der Waals surface area contributed by atoms with E-state index < -0.39 is 17.9 Å². The number of nitrogens with zero attached hydrogens (tertiary/aromatic N) is 1. The molecule has 18 heavy (non-hydrogen) atoms. The van der Waals surface area contributed by atoms with E-state index in [9.17, 15) is 9.59 Å². The van der Waals surface area contributed by atoms with Crippen molar-refractivity contribution in [3.05, 3.63) is 35.9 Å². The van der Waals surface area contributed by atoms with E-state index in [0.717, 1.165) is 5.56 Å². The van der Waals surface area contributed by atoms with E-state index in [-0.39, 0.29) is 6.42 Å². The monoisotopic (exact) mass is 247 g/mol. The zero-order valence-electron chi connectivity index (χ0n) is 9.96. The number of rotatable bonds is 4. The highest BCUT2D eigenvalue weighted by molar-refractivity contribution is 6.15. The highest BCUT2D eigenvalue weighted by Crippen LogP contribution is 2.21. The zero-order valence-corrected chi connectivity index (χ0v) is 9.96. The van der Waals surface area contributed by atoms with Crippen LogP contribution in [0.15, 0.2) is 35.5 Å². The standard InChI is InChI=1S/C13H13NO4/c1-2-17-11(15)8-10-12(14-18-13(10)16)9-6-4-3-5-7-9/h3-7,10H,2,8H2,1H3. The molecule has 0 radical (unpaired) electrons. The number of carbonyl (C=O) groups is 2. The van der Waals surface area contributed by atoms with Crippen LogP contribution in [0.1, 0.15) is 18.9 Å². The van der Waals surface area contributed by atoms with Crippen LogP contribution in [0, 0.1) is 5.92 Å². The molecule has 1 unspecified atom stereocenters. The molecule has 5 heteroatoms. The van der Waals surface area contributed by atoms with Crippen LogP contribution in [0.3, 0.4) is 0 Å². The van der Waals surface area contributed by atoms with Crippen LogP contribution in [0.5, 0.6) is 0 Å². The predicted molar refractivity (Wildman–Crippen MR) is 63.8 cm³/mol. The Balaban J connectivity index is 2.15. The van der Waals surface area contributed by atoms with Crippen molar-refractivity contribution in [1.29, 1.82) is 0 Å². The summed E-state index contributed by atoms with van der Waals surface area (Å²) in [6, 6.07) is 9.17. The van der Waals surface area contributed by atoms with E-state index in [4.69, 9.17) is 4.74 Å². The fourth-order valence-corrected chi connectivity index (χ4v) is 1.76. The molecule has 0 spiro atoms. The molecule has 0 N–H and O–H groups in total. The van der Waals surface area contributed by atoms with Crippen LogP contribution in [-0.2, 0) is 19.2 Å². The van der Waals surface area contributed by atoms with Gasteiger partial charge in [-0.15, -0.1) is 0 Å². The second kappa shape index (κ2) is 5.44. The van der Waals surface area contributed by atoms with E-state index in [2.05, 4.69) is 9.99 Å². The van der Waals surface area contributed by atoms with Gasteiger partial charge in [-0.25, -0.2) is 4.79 Å². The van der Waals surface area contributed by atoms with Crippen LogP contribution >= 0.6 is 0 Å². The Labute approximate surface area is 104 Å². The first-order chi connectivity index (χ1) is 8.72. The number of oxime groups is 1. The Kier molecular flexibility index (Phi) is 3.72. The molecule has 0 saturated carbocycles. The molecule has 94 valence electrons. The second-order valence-corrected chi connectivity index (χ2v) is 3.81. The first kappa shape index (κ1) is 12.3. The molecule has 0 amide bonds. The minimum Gasteiger partial charge on any atom is -0.466 e. The minimum absolute atomic E-state index is 0.0413. The van der Waals surface area contributed by atoms with Gasteiger partial charge >= 0.3 is 11.9 Å². The number of esters is 1. The molecule has 0 bridgehead atoms. The summed E-state index contributed by atoms with van der Waals surface area (Å²) in [5.74, 6) is -1.61. The molecule has 2 rings (SSSR count). The maximum Gasteiger partial charge on any atom is 0.344 e. The van der Waals surface area contributed by atoms with Crippen molar-refractivity contribution in [2.24, 2.45) is 11.1 Å². The van der Waals surface area contributed by atoms with Gasteiger partial charge in [0.25, 0.3) is 0 Å². The van der Waals surface area contributed by atoms with Crippen LogP contribution in [0.25, 0.3) is 0 Å². The first-order valence-corrected chi connectivity index (χ1v) is 5.72. The molecule has 1 aliphatic heterocycles. The van der Waals surface area contributed by atoms with Gasteiger partial charge in [-0.1, -0.05) is 35.5 Å². The normalized spacial score (nSPS) is 18.2. The summed E-state index contributed by atoms with van der Waals surface area (Å²) >= 11 is 0. The van der Waals surface area contributed by atoms with Crippen molar-refractivity contribution in [2.75, 3.05) is 6.61 Å². The van der Waals surface area contributed by atoms with E-state index in [1.165, 1.54) is 0 Å². The molecule has 5 nitrogen and oxygen atoms in total. The second-order valence-electron chi connectivity index (χ2n) is 3.81. The van der Waals surface area contributed by atoms with Crippen molar-refractivity contribution in [3.8, 4) is 0 Å². The lowest BCUT2D eigenvalue weighted by Gasteiger charge is -2.08. The fraction of sp³-hybridized carbons (Fsp3) is 0.308. The first-order valence-electron chi connectivity index (χ1n) is 5.72. The molecular formula is C13H13NO4. The van der Waals surface area contributed by atoms with Gasteiger partial charge in [0.2, 0.25) is 0 Å². The van der Waals surface area contributed by atoms with Crippen molar-refractivity contribution < 1.29 is 19.2 Å². The van der Waals surface area contributed by atoms with Crippen LogP contribution in [0.2, 0.25) is 0 Å². The SMILES string of the molecule is CCOC(=O)CC1C(=O)ON=C1c1ccccc1. The Hall–Kier alpha value is -2.17. The number of carbonyl (C=O) groups excluding carboxylic acids is 2. The molecule has 0 aromatic heterocycles. The molecule has 1 aromatic carbocycles. The van der Waals surface area contributed by atoms with Crippen molar-refractivity contribution in [3.63, 3.8) is 0 Å². The van der Waals surface area contributed by atoms with Gasteiger partial charge in [0, 0.05) is 5.56 Å². The molecule has 0 saturated heterocycles. The largest absolute Gasteiger partial charge is 0.466 e. The molecule has 0 fully saturated rings. The van der Waals surface area contributed by atoms with E-state index in [1.807, 2.05) is 30.3 Å². The van der Waals surface area contributed by atoms with Crippen molar-refractivity contribution in [2.45, 2.75) is 13.3 Å². The Morgan fingerprint density at radius 1 is 1.39 bits per heavy atom. The minimum atomic E-state index is -0.675. The van der Waals surface area contributed by atoms with Crippen LogP contribution in [-0.4, -0.2) is 24.3 Å². The molecule has 1 aromatic rings. The molecule has 1 aliphatic rings. The number of ether oxygens (including phenoxy) is 1. The molecular weight excluding hydrogens is 234 g/mol. The zero-order chi connectivity index (χ0) is 13.0. The predicted octanol–water partition coefficient (Wildman–Crippen LogP) is 1.52.